The number of thiocarbonyl (C=S) groups is 1. The molecule has 0 aliphatic carbocycles. The van der Waals surface area contributed by atoms with Gasteiger partial charge in [-0.2, -0.15) is 0 Å². The summed E-state index contributed by atoms with van der Waals surface area (Å²) in [6.07, 6.45) is 0.744. The standard InChI is InChI=1S/C12H12ClFN2O2S/c1-2-12(5-6-13,15-8-19)10-7-9(16(17)18)3-4-11(10)14/h3-4,7H,2,5-6H2,1H3. The summed E-state index contributed by atoms with van der Waals surface area (Å²) in [4.78, 5) is 14.2. The number of halogens is 2. The Morgan fingerprint density at radius 3 is 2.79 bits per heavy atom. The van der Waals surface area contributed by atoms with E-state index in [1.807, 2.05) is 0 Å². The number of nitro groups is 1. The fourth-order valence-corrected chi connectivity index (χ4v) is 2.41. The number of aliphatic imine (C=N–C) groups is 1. The Morgan fingerprint density at radius 2 is 2.32 bits per heavy atom. The summed E-state index contributed by atoms with van der Waals surface area (Å²) in [7, 11) is 0. The molecule has 102 valence electrons. The molecule has 1 aromatic carbocycles. The third-order valence-electron chi connectivity index (χ3n) is 3.01. The van der Waals surface area contributed by atoms with Gasteiger partial charge in [0.05, 0.1) is 15.6 Å². The Hall–Kier alpha value is -1.36. The number of hydrogen-bond acceptors (Lipinski definition) is 4. The summed E-state index contributed by atoms with van der Waals surface area (Å²) in [5.41, 5.74) is -1.06. The van der Waals surface area contributed by atoms with E-state index < -0.39 is 16.3 Å². The summed E-state index contributed by atoms with van der Waals surface area (Å²) in [6.45, 7) is 1.79. The van der Waals surface area contributed by atoms with E-state index in [0.29, 0.717) is 12.8 Å². The monoisotopic (exact) mass is 302 g/mol. The number of rotatable bonds is 6. The van der Waals surface area contributed by atoms with Crippen LogP contribution in [0.3, 0.4) is 0 Å². The molecule has 1 rings (SSSR count). The first-order valence-corrected chi connectivity index (χ1v) is 6.54. The van der Waals surface area contributed by atoms with Gasteiger partial charge in [-0.3, -0.25) is 10.1 Å². The Labute approximate surface area is 120 Å². The minimum Gasteiger partial charge on any atom is -0.258 e. The van der Waals surface area contributed by atoms with Gasteiger partial charge in [0.1, 0.15) is 5.82 Å². The molecule has 4 nitrogen and oxygen atoms in total. The predicted molar refractivity (Wildman–Crippen MR) is 75.4 cm³/mol. The maximum atomic E-state index is 14.0. The largest absolute Gasteiger partial charge is 0.270 e. The first-order chi connectivity index (χ1) is 9.00. The van der Waals surface area contributed by atoms with Crippen LogP contribution < -0.4 is 0 Å². The van der Waals surface area contributed by atoms with Crippen LogP contribution in [0.5, 0.6) is 0 Å². The average molecular weight is 303 g/mol. The van der Waals surface area contributed by atoms with Crippen molar-refractivity contribution in [2.24, 2.45) is 4.99 Å². The maximum absolute atomic E-state index is 14.0. The second kappa shape index (κ2) is 6.70. The van der Waals surface area contributed by atoms with Crippen molar-refractivity contribution in [1.29, 1.82) is 0 Å². The molecular weight excluding hydrogens is 291 g/mol. The van der Waals surface area contributed by atoms with E-state index in [9.17, 15) is 14.5 Å². The maximum Gasteiger partial charge on any atom is 0.270 e. The lowest BCUT2D eigenvalue weighted by Gasteiger charge is -2.27. The zero-order chi connectivity index (χ0) is 14.5. The molecule has 0 radical (unpaired) electrons. The highest BCUT2D eigenvalue weighted by Crippen LogP contribution is 2.36. The SMILES string of the molecule is CCC(CCCl)(N=C=S)c1cc([N+](=O)[O-])ccc1F. The Balaban J connectivity index is 3.48. The van der Waals surface area contributed by atoms with Gasteiger partial charge >= 0.3 is 0 Å². The van der Waals surface area contributed by atoms with Crippen molar-refractivity contribution in [3.05, 3.63) is 39.7 Å². The van der Waals surface area contributed by atoms with Crippen LogP contribution in [-0.4, -0.2) is 16.0 Å². The van der Waals surface area contributed by atoms with Crippen molar-refractivity contribution < 1.29 is 9.31 Å². The van der Waals surface area contributed by atoms with Crippen molar-refractivity contribution in [2.45, 2.75) is 25.3 Å². The molecule has 0 saturated carbocycles. The van der Waals surface area contributed by atoms with Crippen LogP contribution in [0.2, 0.25) is 0 Å². The lowest BCUT2D eigenvalue weighted by Crippen LogP contribution is -2.25. The molecule has 0 heterocycles. The number of non-ortho nitro benzene ring substituents is 1. The van der Waals surface area contributed by atoms with E-state index in [2.05, 4.69) is 22.4 Å². The number of nitrogens with zero attached hydrogens (tertiary/aromatic N) is 2. The van der Waals surface area contributed by atoms with E-state index in [1.165, 1.54) is 6.07 Å². The molecular formula is C12H12ClFN2O2S. The molecule has 0 aliphatic rings. The van der Waals surface area contributed by atoms with E-state index in [0.717, 1.165) is 12.1 Å². The van der Waals surface area contributed by atoms with Gasteiger partial charge in [0, 0.05) is 23.6 Å². The minimum atomic E-state index is -1.00. The lowest BCUT2D eigenvalue weighted by molar-refractivity contribution is -0.385. The van der Waals surface area contributed by atoms with Gasteiger partial charge in [-0.05, 0) is 31.1 Å². The molecule has 0 saturated heterocycles. The molecule has 1 unspecified atom stereocenters. The highest BCUT2D eigenvalue weighted by atomic mass is 35.5. The fourth-order valence-electron chi connectivity index (χ4n) is 1.92. The number of benzene rings is 1. The summed E-state index contributed by atoms with van der Waals surface area (Å²) in [5.74, 6) is -0.331. The van der Waals surface area contributed by atoms with Crippen LogP contribution in [-0.2, 0) is 5.54 Å². The number of nitro benzene ring substituents is 1. The molecule has 19 heavy (non-hydrogen) atoms. The van der Waals surface area contributed by atoms with E-state index in [4.69, 9.17) is 11.6 Å². The first kappa shape index (κ1) is 15.7. The normalized spacial score (nSPS) is 13.4. The Kier molecular flexibility index (Phi) is 5.54. The van der Waals surface area contributed by atoms with Crippen LogP contribution >= 0.6 is 23.8 Å². The molecule has 0 fully saturated rings. The van der Waals surface area contributed by atoms with Gasteiger partial charge in [-0.25, -0.2) is 9.38 Å². The van der Waals surface area contributed by atoms with Gasteiger partial charge in [0.2, 0.25) is 0 Å². The van der Waals surface area contributed by atoms with Gasteiger partial charge < -0.3 is 0 Å². The first-order valence-electron chi connectivity index (χ1n) is 5.60. The molecule has 0 aromatic heterocycles. The zero-order valence-corrected chi connectivity index (χ0v) is 11.8. The Bertz CT molecular complexity index is 534. The summed E-state index contributed by atoms with van der Waals surface area (Å²) in [5, 5.41) is 13.0. The van der Waals surface area contributed by atoms with Crippen molar-refractivity contribution in [1.82, 2.24) is 0 Å². The van der Waals surface area contributed by atoms with Gasteiger partial charge in [0.25, 0.3) is 5.69 Å². The van der Waals surface area contributed by atoms with Gasteiger partial charge in [-0.15, -0.1) is 11.6 Å². The summed E-state index contributed by atoms with van der Waals surface area (Å²) >= 11 is 10.3. The molecule has 0 bridgehead atoms. The average Bonchev–Trinajstić information content (AvgIpc) is 2.38. The minimum absolute atomic E-state index is 0.127. The zero-order valence-electron chi connectivity index (χ0n) is 10.2. The quantitative estimate of drug-likeness (QED) is 0.262. The lowest BCUT2D eigenvalue weighted by atomic mass is 9.84. The van der Waals surface area contributed by atoms with Crippen LogP contribution in [0, 0.1) is 15.9 Å². The summed E-state index contributed by atoms with van der Waals surface area (Å²) < 4.78 is 14.0. The second-order valence-electron chi connectivity index (χ2n) is 3.95. The van der Waals surface area contributed by atoms with Crippen molar-refractivity contribution in [2.75, 3.05) is 5.88 Å². The van der Waals surface area contributed by atoms with Crippen LogP contribution in [0.4, 0.5) is 10.1 Å². The third kappa shape index (κ3) is 3.35. The molecule has 0 amide bonds. The summed E-state index contributed by atoms with van der Waals surface area (Å²) in [6, 6.07) is 3.35. The van der Waals surface area contributed by atoms with E-state index in [1.54, 1.807) is 6.92 Å². The van der Waals surface area contributed by atoms with Crippen molar-refractivity contribution in [3.8, 4) is 0 Å². The van der Waals surface area contributed by atoms with Crippen molar-refractivity contribution >= 4 is 34.7 Å². The second-order valence-corrected chi connectivity index (χ2v) is 4.51. The smallest absolute Gasteiger partial charge is 0.258 e. The molecule has 1 aromatic rings. The Morgan fingerprint density at radius 1 is 1.63 bits per heavy atom. The number of hydrogen-bond donors (Lipinski definition) is 0. The van der Waals surface area contributed by atoms with E-state index >= 15 is 0 Å². The van der Waals surface area contributed by atoms with Gasteiger partial charge in [0.15, 0.2) is 0 Å². The highest BCUT2D eigenvalue weighted by molar-refractivity contribution is 7.78. The van der Waals surface area contributed by atoms with E-state index in [-0.39, 0.29) is 17.1 Å². The van der Waals surface area contributed by atoms with Crippen LogP contribution in [0.25, 0.3) is 0 Å². The number of alkyl halides is 1. The van der Waals surface area contributed by atoms with Crippen LogP contribution in [0.1, 0.15) is 25.3 Å². The molecule has 7 heteroatoms. The molecule has 0 N–H and O–H groups in total. The topological polar surface area (TPSA) is 55.5 Å². The number of isothiocyanates is 1. The molecule has 1 atom stereocenters. The molecule has 0 spiro atoms. The predicted octanol–water partition coefficient (Wildman–Crippen LogP) is 4.07. The van der Waals surface area contributed by atoms with Gasteiger partial charge in [-0.1, -0.05) is 6.92 Å². The third-order valence-corrected chi connectivity index (χ3v) is 3.30. The highest BCUT2D eigenvalue weighted by Gasteiger charge is 2.33. The van der Waals surface area contributed by atoms with Crippen LogP contribution in [0.15, 0.2) is 23.2 Å². The molecule has 0 aliphatic heterocycles. The van der Waals surface area contributed by atoms with Crippen molar-refractivity contribution in [3.63, 3.8) is 0 Å². The fraction of sp³-hybridized carbons (Fsp3) is 0.417.